The molecule has 0 aliphatic rings. The predicted octanol–water partition coefficient (Wildman–Crippen LogP) is 3.92. The van der Waals surface area contributed by atoms with Gasteiger partial charge in [-0.15, -0.1) is 0 Å². The van der Waals surface area contributed by atoms with E-state index in [0.29, 0.717) is 16.3 Å². The van der Waals surface area contributed by atoms with Gasteiger partial charge in [0.1, 0.15) is 5.82 Å². The molecule has 0 bridgehead atoms. The third-order valence-corrected chi connectivity index (χ3v) is 4.01. The number of nitrogens with two attached hydrogens (primary N) is 1. The second-order valence-corrected chi connectivity index (χ2v) is 5.39. The summed E-state index contributed by atoms with van der Waals surface area (Å²) in [7, 11) is 0. The highest BCUT2D eigenvalue weighted by molar-refractivity contribution is 14.1. The zero-order valence-electron chi connectivity index (χ0n) is 9.58. The fourth-order valence-electron chi connectivity index (χ4n) is 1.45. The van der Waals surface area contributed by atoms with Crippen molar-refractivity contribution in [1.82, 2.24) is 0 Å². The number of halogens is 3. The molecule has 0 saturated carbocycles. The van der Waals surface area contributed by atoms with E-state index < -0.39 is 5.82 Å². The molecule has 0 atom stereocenters. The van der Waals surface area contributed by atoms with Gasteiger partial charge in [0.2, 0.25) is 0 Å². The Morgan fingerprint density at radius 2 is 2.00 bits per heavy atom. The van der Waals surface area contributed by atoms with Crippen LogP contribution in [0.25, 0.3) is 0 Å². The monoisotopic (exact) mass is 390 g/mol. The maximum absolute atomic E-state index is 13.3. The lowest BCUT2D eigenvalue weighted by Gasteiger charge is -2.07. The molecule has 0 spiro atoms. The minimum atomic E-state index is -0.571. The van der Waals surface area contributed by atoms with E-state index in [1.54, 1.807) is 18.2 Å². The van der Waals surface area contributed by atoms with Gasteiger partial charge in [-0.05, 0) is 59.0 Å². The zero-order chi connectivity index (χ0) is 14.0. The van der Waals surface area contributed by atoms with Crippen molar-refractivity contribution in [2.24, 2.45) is 0 Å². The molecule has 0 radical (unpaired) electrons. The number of hydrogen-bond donors (Lipinski definition) is 2. The summed E-state index contributed by atoms with van der Waals surface area (Å²) in [5.41, 5.74) is 6.14. The Morgan fingerprint density at radius 1 is 1.26 bits per heavy atom. The molecule has 98 valence electrons. The maximum Gasteiger partial charge on any atom is 0.255 e. The average Bonchev–Trinajstić information content (AvgIpc) is 2.37. The minimum Gasteiger partial charge on any atom is -0.396 e. The Bertz CT molecular complexity index is 649. The molecule has 19 heavy (non-hydrogen) atoms. The van der Waals surface area contributed by atoms with Gasteiger partial charge in [-0.25, -0.2) is 4.39 Å². The molecule has 0 aromatic heterocycles. The summed E-state index contributed by atoms with van der Waals surface area (Å²) < 4.78 is 14.1. The van der Waals surface area contributed by atoms with Crippen LogP contribution in [0.2, 0.25) is 5.02 Å². The van der Waals surface area contributed by atoms with Crippen LogP contribution in [0.1, 0.15) is 10.4 Å². The lowest BCUT2D eigenvalue weighted by molar-refractivity contribution is 0.102. The van der Waals surface area contributed by atoms with Crippen LogP contribution >= 0.6 is 34.2 Å². The van der Waals surface area contributed by atoms with Gasteiger partial charge in [0.15, 0.2) is 0 Å². The molecule has 2 aromatic rings. The van der Waals surface area contributed by atoms with Crippen LogP contribution in [0, 0.1) is 9.39 Å². The van der Waals surface area contributed by atoms with Crippen molar-refractivity contribution in [2.45, 2.75) is 0 Å². The third kappa shape index (κ3) is 3.36. The number of benzene rings is 2. The van der Waals surface area contributed by atoms with Crippen LogP contribution in [0.5, 0.6) is 0 Å². The summed E-state index contributed by atoms with van der Waals surface area (Å²) in [5.74, 6) is -0.930. The smallest absolute Gasteiger partial charge is 0.255 e. The van der Waals surface area contributed by atoms with Gasteiger partial charge in [-0.3, -0.25) is 4.79 Å². The molecule has 0 saturated heterocycles. The number of hydrogen-bond acceptors (Lipinski definition) is 2. The van der Waals surface area contributed by atoms with Gasteiger partial charge < -0.3 is 11.1 Å². The van der Waals surface area contributed by atoms with Gasteiger partial charge in [-0.2, -0.15) is 0 Å². The number of rotatable bonds is 2. The van der Waals surface area contributed by atoms with Gasteiger partial charge in [-0.1, -0.05) is 11.6 Å². The summed E-state index contributed by atoms with van der Waals surface area (Å²) in [4.78, 5) is 11.9. The topological polar surface area (TPSA) is 55.1 Å². The number of carbonyl (C=O) groups is 1. The predicted molar refractivity (Wildman–Crippen MR) is 82.9 cm³/mol. The number of nitrogen functional groups attached to an aromatic ring is 1. The Morgan fingerprint density at radius 3 is 2.63 bits per heavy atom. The summed E-state index contributed by atoms with van der Waals surface area (Å²) in [6, 6.07) is 9.04. The Kier molecular flexibility index (Phi) is 4.26. The fraction of sp³-hybridized carbons (Fsp3) is 0. The maximum atomic E-state index is 13.3. The van der Waals surface area contributed by atoms with Gasteiger partial charge in [0.05, 0.1) is 10.7 Å². The van der Waals surface area contributed by atoms with Crippen molar-refractivity contribution in [1.29, 1.82) is 0 Å². The molecule has 0 unspecified atom stereocenters. The number of amides is 1. The van der Waals surface area contributed by atoms with Crippen molar-refractivity contribution in [2.75, 3.05) is 11.1 Å². The summed E-state index contributed by atoms with van der Waals surface area (Å²) in [6.45, 7) is 0. The van der Waals surface area contributed by atoms with E-state index in [0.717, 1.165) is 3.57 Å². The average molecular weight is 391 g/mol. The van der Waals surface area contributed by atoms with Gasteiger partial charge in [0.25, 0.3) is 5.91 Å². The fourth-order valence-corrected chi connectivity index (χ4v) is 1.96. The highest BCUT2D eigenvalue weighted by Gasteiger charge is 2.09. The molecule has 6 heteroatoms. The van der Waals surface area contributed by atoms with Crippen molar-refractivity contribution in [3.63, 3.8) is 0 Å². The first-order chi connectivity index (χ1) is 8.97. The molecule has 1 amide bonds. The van der Waals surface area contributed by atoms with Gasteiger partial charge >= 0.3 is 0 Å². The van der Waals surface area contributed by atoms with Crippen LogP contribution < -0.4 is 11.1 Å². The second-order valence-electron chi connectivity index (χ2n) is 3.82. The first-order valence-corrected chi connectivity index (χ1v) is 6.74. The highest BCUT2D eigenvalue weighted by Crippen LogP contribution is 2.21. The molecule has 0 aliphatic heterocycles. The molecule has 2 aromatic carbocycles. The SMILES string of the molecule is Nc1ccc(NC(=O)c2ccc(I)c(Cl)c2)cc1F. The molecule has 2 rings (SSSR count). The van der Waals surface area contributed by atoms with Crippen LogP contribution in [-0.2, 0) is 0 Å². The zero-order valence-corrected chi connectivity index (χ0v) is 12.5. The summed E-state index contributed by atoms with van der Waals surface area (Å²) >= 11 is 8.01. The Hall–Kier alpha value is -1.34. The summed E-state index contributed by atoms with van der Waals surface area (Å²) in [6.07, 6.45) is 0. The second kappa shape index (κ2) is 5.75. The molecule has 3 nitrogen and oxygen atoms in total. The third-order valence-electron chi connectivity index (χ3n) is 2.44. The highest BCUT2D eigenvalue weighted by atomic mass is 127. The Balaban J connectivity index is 2.20. The van der Waals surface area contributed by atoms with E-state index >= 15 is 0 Å². The quantitative estimate of drug-likeness (QED) is 0.603. The van der Waals surface area contributed by atoms with Crippen molar-refractivity contribution in [3.05, 3.63) is 56.4 Å². The van der Waals surface area contributed by atoms with E-state index in [4.69, 9.17) is 17.3 Å². The van der Waals surface area contributed by atoms with Crippen molar-refractivity contribution in [3.8, 4) is 0 Å². The molecule has 0 fully saturated rings. The van der Waals surface area contributed by atoms with E-state index in [9.17, 15) is 9.18 Å². The van der Waals surface area contributed by atoms with Crippen LogP contribution in [0.4, 0.5) is 15.8 Å². The van der Waals surface area contributed by atoms with Crippen LogP contribution in [0.15, 0.2) is 36.4 Å². The van der Waals surface area contributed by atoms with Crippen LogP contribution in [0.3, 0.4) is 0 Å². The van der Waals surface area contributed by atoms with Gasteiger partial charge in [0, 0.05) is 14.8 Å². The first-order valence-electron chi connectivity index (χ1n) is 5.29. The van der Waals surface area contributed by atoms with E-state index in [-0.39, 0.29) is 11.6 Å². The minimum absolute atomic E-state index is 0.0373. The lowest BCUT2D eigenvalue weighted by Crippen LogP contribution is -2.12. The van der Waals surface area contributed by atoms with Crippen molar-refractivity contribution < 1.29 is 9.18 Å². The molecular weight excluding hydrogens is 382 g/mol. The normalized spacial score (nSPS) is 10.3. The lowest BCUT2D eigenvalue weighted by atomic mass is 10.2. The van der Waals surface area contributed by atoms with E-state index in [1.165, 1.54) is 18.2 Å². The number of anilines is 2. The number of nitrogens with one attached hydrogen (secondary N) is 1. The largest absolute Gasteiger partial charge is 0.396 e. The summed E-state index contributed by atoms with van der Waals surface area (Å²) in [5, 5.41) is 3.07. The molecule has 0 aliphatic carbocycles. The van der Waals surface area contributed by atoms with E-state index in [2.05, 4.69) is 27.9 Å². The standard InChI is InChI=1S/C13H9ClFIN2O/c14-9-5-7(1-3-11(9)16)13(19)18-8-2-4-12(17)10(15)6-8/h1-6H,17H2,(H,18,19). The first kappa shape index (κ1) is 14.1. The Labute approximate surface area is 128 Å². The molecular formula is C13H9ClFIN2O. The molecule has 3 N–H and O–H groups in total. The van der Waals surface area contributed by atoms with E-state index in [1.807, 2.05) is 0 Å². The van der Waals surface area contributed by atoms with Crippen molar-refractivity contribution >= 4 is 51.5 Å². The molecule has 0 heterocycles. The number of carbonyl (C=O) groups excluding carboxylic acids is 1. The van der Waals surface area contributed by atoms with Crippen LogP contribution in [-0.4, -0.2) is 5.91 Å².